The van der Waals surface area contributed by atoms with Gasteiger partial charge in [-0.25, -0.2) is 9.67 Å². The number of benzene rings is 1. The summed E-state index contributed by atoms with van der Waals surface area (Å²) in [5.41, 5.74) is 10.5. The number of aromatic nitrogens is 5. The molecule has 0 radical (unpaired) electrons. The lowest BCUT2D eigenvalue weighted by Gasteiger charge is -2.15. The number of aryl methyl sites for hydroxylation is 1. The molecule has 146 valence electrons. The van der Waals surface area contributed by atoms with E-state index in [9.17, 15) is 5.11 Å². The van der Waals surface area contributed by atoms with Crippen LogP contribution in [0.2, 0.25) is 0 Å². The lowest BCUT2D eigenvalue weighted by molar-refractivity contribution is 0.474. The summed E-state index contributed by atoms with van der Waals surface area (Å²) in [7, 11) is 1.80. The molecule has 0 fully saturated rings. The van der Waals surface area contributed by atoms with E-state index in [0.717, 1.165) is 28.9 Å². The van der Waals surface area contributed by atoms with Crippen molar-refractivity contribution in [3.63, 3.8) is 0 Å². The summed E-state index contributed by atoms with van der Waals surface area (Å²) in [6, 6.07) is 7.70. The Kier molecular flexibility index (Phi) is 4.02. The normalized spacial score (nSPS) is 18.0. The largest absolute Gasteiger partial charge is 0.504 e. The Hall–Kier alpha value is -3.72. The number of nitrogens with one attached hydrogen (secondary N) is 1. The third kappa shape index (κ3) is 2.92. The van der Waals surface area contributed by atoms with E-state index in [4.69, 9.17) is 5.73 Å². The fourth-order valence-corrected chi connectivity index (χ4v) is 3.66. The fraction of sp³-hybridized carbons (Fsp3) is 0.200. The van der Waals surface area contributed by atoms with Crippen LogP contribution in [0.15, 0.2) is 65.1 Å². The van der Waals surface area contributed by atoms with E-state index in [1.54, 1.807) is 28.8 Å². The second kappa shape index (κ2) is 6.71. The number of aliphatic imine (C=N–C) groups is 1. The van der Waals surface area contributed by atoms with E-state index >= 15 is 0 Å². The van der Waals surface area contributed by atoms with E-state index in [1.165, 1.54) is 0 Å². The highest BCUT2D eigenvalue weighted by Crippen LogP contribution is 2.34. The average molecular weight is 388 g/mol. The first-order valence-electron chi connectivity index (χ1n) is 9.33. The Morgan fingerprint density at radius 1 is 1.28 bits per heavy atom. The van der Waals surface area contributed by atoms with E-state index in [-0.39, 0.29) is 11.8 Å². The van der Waals surface area contributed by atoms with Gasteiger partial charge in [0.25, 0.3) is 0 Å². The summed E-state index contributed by atoms with van der Waals surface area (Å²) < 4.78 is 3.32. The van der Waals surface area contributed by atoms with Crippen LogP contribution in [0.4, 0.5) is 0 Å². The molecule has 2 aromatic heterocycles. The number of fused-ring (bicyclic) bond motifs is 1. The third-order valence-corrected chi connectivity index (χ3v) is 5.17. The van der Waals surface area contributed by atoms with Crippen molar-refractivity contribution >= 4 is 5.84 Å². The highest BCUT2D eigenvalue weighted by atomic mass is 16.3. The van der Waals surface area contributed by atoms with E-state index in [1.807, 2.05) is 30.3 Å². The number of hydrogen-bond acceptors (Lipinski definition) is 7. The number of rotatable bonds is 4. The molecular formula is C20H20N8O. The Morgan fingerprint density at radius 3 is 2.83 bits per heavy atom. The van der Waals surface area contributed by atoms with E-state index in [2.05, 4.69) is 31.8 Å². The maximum Gasteiger partial charge on any atom is 0.173 e. The second-order valence-electron chi connectivity index (χ2n) is 7.01. The molecule has 4 N–H and O–H groups in total. The molecule has 9 nitrogen and oxygen atoms in total. The molecule has 5 rings (SSSR count). The Bertz CT molecular complexity index is 1150. The monoisotopic (exact) mass is 388 g/mol. The first-order chi connectivity index (χ1) is 14.1. The molecule has 1 aliphatic carbocycles. The number of hydrogen-bond donors (Lipinski definition) is 3. The highest BCUT2D eigenvalue weighted by molar-refractivity contribution is 6.03. The van der Waals surface area contributed by atoms with Gasteiger partial charge in [0.2, 0.25) is 0 Å². The molecule has 0 amide bonds. The van der Waals surface area contributed by atoms with Gasteiger partial charge in [-0.1, -0.05) is 23.4 Å². The van der Waals surface area contributed by atoms with Crippen LogP contribution >= 0.6 is 0 Å². The SMILES string of the molecule is Cn1nc(-c2ccc(-n3ccnn3)cc2)c(O)c1C1=NC2=CC(CN)=CCC2N1. The van der Waals surface area contributed by atoms with Crippen LogP contribution in [0.3, 0.4) is 0 Å². The topological polar surface area (TPSA) is 119 Å². The minimum absolute atomic E-state index is 0.0958. The molecule has 0 bridgehead atoms. The van der Waals surface area contributed by atoms with Gasteiger partial charge in [0, 0.05) is 19.2 Å². The van der Waals surface area contributed by atoms with Crippen LogP contribution in [0.5, 0.6) is 5.75 Å². The number of nitrogens with zero attached hydrogens (tertiary/aromatic N) is 6. The van der Waals surface area contributed by atoms with Gasteiger partial charge in [-0.05, 0) is 30.2 Å². The lowest BCUT2D eigenvalue weighted by atomic mass is 10.0. The minimum Gasteiger partial charge on any atom is -0.504 e. The fourth-order valence-electron chi connectivity index (χ4n) is 3.66. The van der Waals surface area contributed by atoms with Gasteiger partial charge >= 0.3 is 0 Å². The number of aromatic hydroxyl groups is 1. The van der Waals surface area contributed by atoms with Crippen molar-refractivity contribution in [1.82, 2.24) is 30.1 Å². The van der Waals surface area contributed by atoms with Crippen LogP contribution in [-0.2, 0) is 7.05 Å². The third-order valence-electron chi connectivity index (χ3n) is 5.17. The van der Waals surface area contributed by atoms with Crippen molar-refractivity contribution in [2.24, 2.45) is 17.8 Å². The first-order valence-corrected chi connectivity index (χ1v) is 9.33. The molecule has 1 aliphatic heterocycles. The van der Waals surface area contributed by atoms with Gasteiger partial charge in [-0.3, -0.25) is 4.68 Å². The standard InChI is InChI=1S/C20H20N8O/c1-27-18(20-23-15-7-2-12(11-21)10-16(15)24-20)19(29)17(25-27)13-3-5-14(6-4-13)28-9-8-22-26-28/h2-6,8-10,15,29H,7,11,21H2,1H3,(H,23,24). The molecule has 1 aromatic carbocycles. The molecule has 9 heteroatoms. The zero-order chi connectivity index (χ0) is 20.0. The summed E-state index contributed by atoms with van der Waals surface area (Å²) in [5.74, 6) is 0.712. The van der Waals surface area contributed by atoms with Crippen molar-refractivity contribution in [3.05, 3.63) is 65.8 Å². The van der Waals surface area contributed by atoms with Crippen LogP contribution in [0.25, 0.3) is 16.9 Å². The maximum absolute atomic E-state index is 10.9. The predicted molar refractivity (Wildman–Crippen MR) is 109 cm³/mol. The molecule has 2 aliphatic rings. The summed E-state index contributed by atoms with van der Waals surface area (Å²) in [6.45, 7) is 0.493. The van der Waals surface area contributed by atoms with Gasteiger partial charge in [-0.15, -0.1) is 5.10 Å². The maximum atomic E-state index is 10.9. The Balaban J connectivity index is 1.48. The summed E-state index contributed by atoms with van der Waals surface area (Å²) in [4.78, 5) is 4.69. The molecule has 0 spiro atoms. The Labute approximate surface area is 166 Å². The molecular weight excluding hydrogens is 368 g/mol. The van der Waals surface area contributed by atoms with Crippen LogP contribution < -0.4 is 11.1 Å². The van der Waals surface area contributed by atoms with E-state index < -0.39 is 0 Å². The molecule has 3 aromatic rings. The zero-order valence-corrected chi connectivity index (χ0v) is 15.8. The second-order valence-corrected chi connectivity index (χ2v) is 7.01. The number of nitrogens with two attached hydrogens (primary N) is 1. The van der Waals surface area contributed by atoms with Crippen molar-refractivity contribution in [3.8, 4) is 22.7 Å². The summed E-state index contributed by atoms with van der Waals surface area (Å²) in [5, 5.41) is 26.6. The highest BCUT2D eigenvalue weighted by Gasteiger charge is 2.30. The van der Waals surface area contributed by atoms with Gasteiger partial charge in [0.15, 0.2) is 11.6 Å². The summed E-state index contributed by atoms with van der Waals surface area (Å²) in [6.07, 6.45) is 8.34. The molecule has 29 heavy (non-hydrogen) atoms. The quantitative estimate of drug-likeness (QED) is 0.619. The van der Waals surface area contributed by atoms with Gasteiger partial charge in [-0.2, -0.15) is 5.10 Å². The van der Waals surface area contributed by atoms with Crippen molar-refractivity contribution < 1.29 is 5.11 Å². The molecule has 1 unspecified atom stereocenters. The van der Waals surface area contributed by atoms with Crippen molar-refractivity contribution in [2.75, 3.05) is 6.54 Å². The van der Waals surface area contributed by atoms with E-state index in [0.29, 0.717) is 23.8 Å². The first kappa shape index (κ1) is 17.4. The Morgan fingerprint density at radius 2 is 2.10 bits per heavy atom. The van der Waals surface area contributed by atoms with Crippen molar-refractivity contribution in [2.45, 2.75) is 12.5 Å². The predicted octanol–water partition coefficient (Wildman–Crippen LogP) is 1.26. The van der Waals surface area contributed by atoms with Gasteiger partial charge in [0.1, 0.15) is 11.4 Å². The van der Waals surface area contributed by atoms with Gasteiger partial charge < -0.3 is 16.2 Å². The van der Waals surface area contributed by atoms with Crippen LogP contribution in [-0.4, -0.2) is 48.3 Å². The smallest absolute Gasteiger partial charge is 0.173 e. The molecule has 3 heterocycles. The average Bonchev–Trinajstić information content (AvgIpc) is 3.46. The lowest BCUT2D eigenvalue weighted by Crippen LogP contribution is -2.31. The molecule has 0 saturated carbocycles. The molecule has 0 saturated heterocycles. The molecule has 1 atom stereocenters. The number of amidine groups is 1. The van der Waals surface area contributed by atoms with Crippen LogP contribution in [0, 0.1) is 0 Å². The van der Waals surface area contributed by atoms with Gasteiger partial charge in [0.05, 0.1) is 29.8 Å². The summed E-state index contributed by atoms with van der Waals surface area (Å²) >= 11 is 0. The minimum atomic E-state index is 0.0958. The zero-order valence-electron chi connectivity index (χ0n) is 15.8. The van der Waals surface area contributed by atoms with Crippen LogP contribution in [0.1, 0.15) is 12.1 Å². The van der Waals surface area contributed by atoms with Crippen molar-refractivity contribution in [1.29, 1.82) is 0 Å².